The van der Waals surface area contributed by atoms with Crippen molar-refractivity contribution in [3.63, 3.8) is 0 Å². The van der Waals surface area contributed by atoms with Crippen LogP contribution in [0.2, 0.25) is 5.02 Å². The second-order valence-corrected chi connectivity index (χ2v) is 5.37. The highest BCUT2D eigenvalue weighted by Crippen LogP contribution is 2.38. The Kier molecular flexibility index (Phi) is 4.42. The van der Waals surface area contributed by atoms with Crippen LogP contribution in [0.1, 0.15) is 22.0 Å². The molecule has 0 fully saturated rings. The summed E-state index contributed by atoms with van der Waals surface area (Å²) in [7, 11) is 1.53. The molecule has 0 saturated heterocycles. The molecule has 1 heterocycles. The number of nitrogens with one attached hydrogen (secondary N) is 1. The Morgan fingerprint density at radius 1 is 1.47 bits per heavy atom. The zero-order valence-corrected chi connectivity index (χ0v) is 12.1. The number of hydrogen-bond donors (Lipinski definition) is 2. The van der Waals surface area contributed by atoms with E-state index in [4.69, 9.17) is 22.2 Å². The lowest BCUT2D eigenvalue weighted by atomic mass is 10.0. The van der Waals surface area contributed by atoms with E-state index in [0.29, 0.717) is 16.3 Å². The summed E-state index contributed by atoms with van der Waals surface area (Å²) in [5.74, 6) is 5.82. The monoisotopic (exact) mass is 300 g/mol. The second kappa shape index (κ2) is 5.88. The number of benzene rings is 1. The molecule has 0 bridgehead atoms. The van der Waals surface area contributed by atoms with Crippen LogP contribution in [0.15, 0.2) is 23.6 Å². The minimum atomic E-state index is -0.406. The fourth-order valence-electron chi connectivity index (χ4n) is 1.88. The Morgan fingerprint density at radius 2 is 2.21 bits per heavy atom. The zero-order chi connectivity index (χ0) is 14.0. The predicted octanol–water partition coefficient (Wildman–Crippen LogP) is 3.41. The fraction of sp³-hybridized carbons (Fsp3) is 0.231. The van der Waals surface area contributed by atoms with E-state index in [0.717, 1.165) is 10.4 Å². The molecule has 0 spiro atoms. The van der Waals surface area contributed by atoms with Crippen LogP contribution < -0.4 is 16.0 Å². The van der Waals surface area contributed by atoms with Crippen LogP contribution in [0, 0.1) is 12.7 Å². The number of halogens is 2. The number of ether oxygens (including phenoxy) is 1. The van der Waals surface area contributed by atoms with Gasteiger partial charge in [-0.25, -0.2) is 9.82 Å². The summed E-state index contributed by atoms with van der Waals surface area (Å²) in [4.78, 5) is 0.838. The van der Waals surface area contributed by atoms with E-state index in [1.54, 1.807) is 6.07 Å². The quantitative estimate of drug-likeness (QED) is 0.672. The Morgan fingerprint density at radius 3 is 2.74 bits per heavy atom. The summed E-state index contributed by atoms with van der Waals surface area (Å²) in [5.41, 5.74) is 4.26. The van der Waals surface area contributed by atoms with Crippen LogP contribution in [0.4, 0.5) is 4.39 Å². The van der Waals surface area contributed by atoms with Crippen molar-refractivity contribution in [3.05, 3.63) is 50.4 Å². The molecule has 0 aliphatic carbocycles. The van der Waals surface area contributed by atoms with Crippen LogP contribution >= 0.6 is 22.9 Å². The molecule has 3 N–H and O–H groups in total. The van der Waals surface area contributed by atoms with Crippen LogP contribution in [-0.4, -0.2) is 7.11 Å². The van der Waals surface area contributed by atoms with Gasteiger partial charge in [0.2, 0.25) is 0 Å². The molecule has 1 aromatic carbocycles. The summed E-state index contributed by atoms with van der Waals surface area (Å²) in [5, 5.41) is 2.58. The highest BCUT2D eigenvalue weighted by atomic mass is 35.5. The average Bonchev–Trinajstić information content (AvgIpc) is 2.72. The van der Waals surface area contributed by atoms with Crippen molar-refractivity contribution in [1.82, 2.24) is 5.43 Å². The molecule has 2 aromatic rings. The van der Waals surface area contributed by atoms with Crippen LogP contribution in [0.5, 0.6) is 5.75 Å². The highest BCUT2D eigenvalue weighted by Gasteiger charge is 2.22. The van der Waals surface area contributed by atoms with Gasteiger partial charge in [-0.2, -0.15) is 0 Å². The molecule has 1 unspecified atom stereocenters. The van der Waals surface area contributed by atoms with Gasteiger partial charge in [-0.05, 0) is 36.1 Å². The lowest BCUT2D eigenvalue weighted by Gasteiger charge is -2.18. The van der Waals surface area contributed by atoms with Crippen molar-refractivity contribution in [2.24, 2.45) is 5.84 Å². The molecule has 0 radical (unpaired) electrons. The maximum atomic E-state index is 13.4. The lowest BCUT2D eigenvalue weighted by molar-refractivity contribution is 0.403. The molecule has 1 atom stereocenters. The molecule has 0 aliphatic heterocycles. The first-order valence-electron chi connectivity index (χ1n) is 5.61. The Balaban J connectivity index is 2.53. The Labute approximate surface area is 120 Å². The van der Waals surface area contributed by atoms with Gasteiger partial charge in [0.25, 0.3) is 0 Å². The molecule has 0 aliphatic rings. The first-order valence-corrected chi connectivity index (χ1v) is 6.87. The normalized spacial score (nSPS) is 12.5. The van der Waals surface area contributed by atoms with Gasteiger partial charge in [-0.1, -0.05) is 11.6 Å². The summed E-state index contributed by atoms with van der Waals surface area (Å²) in [6, 6.07) is 3.91. The van der Waals surface area contributed by atoms with Crippen LogP contribution in [0.25, 0.3) is 0 Å². The third-order valence-electron chi connectivity index (χ3n) is 2.86. The Bertz CT molecular complexity index is 588. The third kappa shape index (κ3) is 2.74. The van der Waals surface area contributed by atoms with Crippen LogP contribution in [-0.2, 0) is 0 Å². The average molecular weight is 301 g/mol. The number of rotatable bonds is 4. The minimum Gasteiger partial charge on any atom is -0.496 e. The van der Waals surface area contributed by atoms with E-state index in [-0.39, 0.29) is 5.82 Å². The molecular weight excluding hydrogens is 287 g/mol. The first kappa shape index (κ1) is 14.3. The minimum absolute atomic E-state index is 0.347. The molecule has 3 nitrogen and oxygen atoms in total. The van der Waals surface area contributed by atoms with Crippen LogP contribution in [0.3, 0.4) is 0 Å². The molecule has 1 aromatic heterocycles. The summed E-state index contributed by atoms with van der Waals surface area (Å²) in [6.07, 6.45) is 0. The number of hydrogen-bond acceptors (Lipinski definition) is 4. The molecule has 102 valence electrons. The van der Waals surface area contributed by atoms with Gasteiger partial charge < -0.3 is 4.74 Å². The third-order valence-corrected chi connectivity index (χ3v) is 4.64. The van der Waals surface area contributed by atoms with Gasteiger partial charge in [0.15, 0.2) is 0 Å². The van der Waals surface area contributed by atoms with Gasteiger partial charge >= 0.3 is 0 Å². The zero-order valence-electron chi connectivity index (χ0n) is 10.5. The number of thiophene rings is 1. The van der Waals surface area contributed by atoms with Gasteiger partial charge in [0, 0.05) is 10.4 Å². The van der Waals surface area contributed by atoms with Gasteiger partial charge in [-0.3, -0.25) is 5.84 Å². The van der Waals surface area contributed by atoms with E-state index in [1.807, 2.05) is 12.3 Å². The van der Waals surface area contributed by atoms with Gasteiger partial charge in [0.05, 0.1) is 18.2 Å². The number of hydrazine groups is 1. The standard InChI is InChI=1S/C13H14ClFN2OS/c1-7-6-19-13(11(7)14)12(17-16)9-5-8(15)3-4-10(9)18-2/h3-6,12,17H,16H2,1-2H3. The largest absolute Gasteiger partial charge is 0.496 e. The Hall–Kier alpha value is -1.14. The van der Waals surface area contributed by atoms with Crippen molar-refractivity contribution < 1.29 is 9.13 Å². The molecule has 0 amide bonds. The number of nitrogens with two attached hydrogens (primary N) is 1. The smallest absolute Gasteiger partial charge is 0.124 e. The highest BCUT2D eigenvalue weighted by molar-refractivity contribution is 7.10. The summed E-state index contributed by atoms with van der Waals surface area (Å²) in [6.45, 7) is 1.92. The van der Waals surface area contributed by atoms with E-state index in [2.05, 4.69) is 5.43 Å². The fourth-order valence-corrected chi connectivity index (χ4v) is 3.26. The molecule has 2 rings (SSSR count). The number of aryl methyl sites for hydroxylation is 1. The van der Waals surface area contributed by atoms with Crippen molar-refractivity contribution in [2.45, 2.75) is 13.0 Å². The second-order valence-electron chi connectivity index (χ2n) is 4.08. The predicted molar refractivity (Wildman–Crippen MR) is 76.2 cm³/mol. The molecular formula is C13H14ClFN2OS. The van der Waals surface area contributed by atoms with E-state index in [1.165, 1.54) is 30.6 Å². The molecule has 6 heteroatoms. The van der Waals surface area contributed by atoms with Crippen molar-refractivity contribution in [1.29, 1.82) is 0 Å². The van der Waals surface area contributed by atoms with Crippen molar-refractivity contribution in [2.75, 3.05) is 7.11 Å². The maximum absolute atomic E-state index is 13.4. The number of methoxy groups -OCH3 is 1. The van der Waals surface area contributed by atoms with E-state index in [9.17, 15) is 4.39 Å². The molecule has 19 heavy (non-hydrogen) atoms. The van der Waals surface area contributed by atoms with Gasteiger partial charge in [-0.15, -0.1) is 11.3 Å². The van der Waals surface area contributed by atoms with E-state index >= 15 is 0 Å². The molecule has 0 saturated carbocycles. The first-order chi connectivity index (χ1) is 9.08. The van der Waals surface area contributed by atoms with Crippen molar-refractivity contribution in [3.8, 4) is 5.75 Å². The van der Waals surface area contributed by atoms with Crippen molar-refractivity contribution >= 4 is 22.9 Å². The SMILES string of the molecule is COc1ccc(F)cc1C(NN)c1scc(C)c1Cl. The topological polar surface area (TPSA) is 47.3 Å². The maximum Gasteiger partial charge on any atom is 0.124 e. The summed E-state index contributed by atoms with van der Waals surface area (Å²) < 4.78 is 18.7. The van der Waals surface area contributed by atoms with E-state index < -0.39 is 6.04 Å². The lowest BCUT2D eigenvalue weighted by Crippen LogP contribution is -2.28. The summed E-state index contributed by atoms with van der Waals surface area (Å²) >= 11 is 7.72. The van der Waals surface area contributed by atoms with Gasteiger partial charge in [0.1, 0.15) is 11.6 Å².